The van der Waals surface area contributed by atoms with Crippen LogP contribution in [0.5, 0.6) is 0 Å². The molecule has 0 aliphatic carbocycles. The van der Waals surface area contributed by atoms with Crippen molar-refractivity contribution in [2.24, 2.45) is 11.7 Å². The largest absolute Gasteiger partial charge is 0.370 e. The first-order valence-corrected chi connectivity index (χ1v) is 10.6. The summed E-state index contributed by atoms with van der Waals surface area (Å²) in [5, 5.41) is 3.66. The first-order valence-electron chi connectivity index (χ1n) is 10.6. The van der Waals surface area contributed by atoms with Crippen molar-refractivity contribution in [1.29, 1.82) is 0 Å². The average molecular weight is 397 g/mol. The van der Waals surface area contributed by atoms with Crippen LogP contribution < -0.4 is 26.8 Å². The molecule has 0 amide bonds. The maximum absolute atomic E-state index is 14.4. The van der Waals surface area contributed by atoms with Crippen LogP contribution in [0.2, 0.25) is 0 Å². The Bertz CT molecular complexity index is 853. The number of piperidine rings is 2. The van der Waals surface area contributed by atoms with Gasteiger partial charge in [-0.2, -0.15) is 0 Å². The molecule has 0 bridgehead atoms. The van der Waals surface area contributed by atoms with E-state index in [0.717, 1.165) is 44.5 Å². The molecule has 4 atom stereocenters. The molecule has 3 fully saturated rings. The fraction of sp³-hybridized carbons (Fsp3) is 0.500. The SMILES string of the molecule is NC1CCN(c2cncc(C3CC4C(CN3)NNC4c3ccccc3F)c2)CC1. The van der Waals surface area contributed by atoms with Crippen molar-refractivity contribution >= 4 is 5.69 Å². The summed E-state index contributed by atoms with van der Waals surface area (Å²) >= 11 is 0. The van der Waals surface area contributed by atoms with Gasteiger partial charge in [0.2, 0.25) is 0 Å². The number of benzene rings is 1. The Morgan fingerprint density at radius 2 is 1.93 bits per heavy atom. The van der Waals surface area contributed by atoms with Gasteiger partial charge < -0.3 is 16.0 Å². The highest BCUT2D eigenvalue weighted by Gasteiger charge is 2.42. The summed E-state index contributed by atoms with van der Waals surface area (Å²) in [6, 6.07) is 10.1. The van der Waals surface area contributed by atoms with Crippen molar-refractivity contribution < 1.29 is 4.39 Å². The normalized spacial score (nSPS) is 30.3. The first-order chi connectivity index (χ1) is 14.2. The van der Waals surface area contributed by atoms with Crippen LogP contribution in [-0.4, -0.2) is 36.7 Å². The number of hydrogen-bond donors (Lipinski definition) is 4. The third-order valence-corrected chi connectivity index (χ3v) is 6.75. The Kier molecular flexibility index (Phi) is 5.22. The van der Waals surface area contributed by atoms with Crippen molar-refractivity contribution in [2.75, 3.05) is 24.5 Å². The minimum Gasteiger partial charge on any atom is -0.370 e. The monoisotopic (exact) mass is 396 g/mol. The number of nitrogens with zero attached hydrogens (tertiary/aromatic N) is 2. The standard InChI is InChI=1S/C22H29FN6/c23-19-4-2-1-3-17(19)22-18-10-20(26-13-21(18)27-28-22)14-9-16(12-25-11-14)29-7-5-15(24)6-8-29/h1-4,9,11-12,15,18,20-22,26-28H,5-8,10,13,24H2. The zero-order valence-electron chi connectivity index (χ0n) is 16.5. The third-order valence-electron chi connectivity index (χ3n) is 6.75. The van der Waals surface area contributed by atoms with Crippen LogP contribution in [0.3, 0.4) is 0 Å². The Balaban J connectivity index is 1.34. The zero-order valence-corrected chi connectivity index (χ0v) is 16.5. The lowest BCUT2D eigenvalue weighted by Crippen LogP contribution is -2.46. The molecule has 1 aromatic heterocycles. The van der Waals surface area contributed by atoms with E-state index in [1.54, 1.807) is 12.1 Å². The molecule has 4 heterocycles. The topological polar surface area (TPSA) is 78.2 Å². The van der Waals surface area contributed by atoms with Crippen molar-refractivity contribution in [2.45, 2.75) is 43.4 Å². The second kappa shape index (κ2) is 7.99. The molecule has 6 nitrogen and oxygen atoms in total. The number of hydrazine groups is 1. The summed E-state index contributed by atoms with van der Waals surface area (Å²) in [7, 11) is 0. The number of hydrogen-bond acceptors (Lipinski definition) is 6. The van der Waals surface area contributed by atoms with Gasteiger partial charge in [0.25, 0.3) is 0 Å². The van der Waals surface area contributed by atoms with Gasteiger partial charge in [-0.1, -0.05) is 18.2 Å². The number of pyridine rings is 1. The van der Waals surface area contributed by atoms with E-state index >= 15 is 0 Å². The molecule has 4 unspecified atom stereocenters. The highest BCUT2D eigenvalue weighted by Crippen LogP contribution is 2.39. The maximum atomic E-state index is 14.4. The molecule has 5 rings (SSSR count). The lowest BCUT2D eigenvalue weighted by molar-refractivity contribution is 0.264. The van der Waals surface area contributed by atoms with Gasteiger partial charge in [-0.05, 0) is 42.9 Å². The molecule has 5 N–H and O–H groups in total. The van der Waals surface area contributed by atoms with Crippen LogP contribution in [0.4, 0.5) is 10.1 Å². The van der Waals surface area contributed by atoms with Crippen LogP contribution in [0.25, 0.3) is 0 Å². The number of nitrogens with two attached hydrogens (primary N) is 1. The number of anilines is 1. The van der Waals surface area contributed by atoms with Crippen molar-refractivity contribution in [1.82, 2.24) is 21.2 Å². The highest BCUT2D eigenvalue weighted by molar-refractivity contribution is 5.47. The van der Waals surface area contributed by atoms with Gasteiger partial charge in [0.05, 0.1) is 17.9 Å². The van der Waals surface area contributed by atoms with Gasteiger partial charge in [0, 0.05) is 49.5 Å². The van der Waals surface area contributed by atoms with Gasteiger partial charge in [-0.3, -0.25) is 10.4 Å². The fourth-order valence-corrected chi connectivity index (χ4v) is 5.03. The fourth-order valence-electron chi connectivity index (χ4n) is 5.03. The molecular formula is C22H29FN6. The first kappa shape index (κ1) is 18.9. The smallest absolute Gasteiger partial charge is 0.128 e. The molecule has 0 spiro atoms. The predicted molar refractivity (Wildman–Crippen MR) is 112 cm³/mol. The molecule has 0 radical (unpaired) electrons. The molecular weight excluding hydrogens is 367 g/mol. The quantitative estimate of drug-likeness (QED) is 0.636. The molecule has 154 valence electrons. The van der Waals surface area contributed by atoms with Gasteiger partial charge in [0.15, 0.2) is 0 Å². The van der Waals surface area contributed by atoms with E-state index in [-0.39, 0.29) is 23.9 Å². The number of aromatic nitrogens is 1. The molecule has 2 aromatic rings. The van der Waals surface area contributed by atoms with E-state index in [1.807, 2.05) is 24.5 Å². The Labute approximate surface area is 171 Å². The lowest BCUT2D eigenvalue weighted by Gasteiger charge is -2.35. The summed E-state index contributed by atoms with van der Waals surface area (Å²) in [5.74, 6) is 0.171. The van der Waals surface area contributed by atoms with E-state index in [4.69, 9.17) is 5.73 Å². The van der Waals surface area contributed by atoms with Gasteiger partial charge in [0.1, 0.15) is 5.82 Å². The third kappa shape index (κ3) is 3.75. The number of nitrogens with one attached hydrogen (secondary N) is 3. The average Bonchev–Trinajstić information content (AvgIpc) is 3.18. The van der Waals surface area contributed by atoms with Crippen LogP contribution in [0, 0.1) is 11.7 Å². The van der Waals surface area contributed by atoms with Crippen molar-refractivity contribution in [3.05, 3.63) is 59.7 Å². The summed E-state index contributed by atoms with van der Waals surface area (Å²) < 4.78 is 14.4. The Morgan fingerprint density at radius 1 is 1.10 bits per heavy atom. The van der Waals surface area contributed by atoms with E-state index in [9.17, 15) is 4.39 Å². The zero-order chi connectivity index (χ0) is 19.8. The van der Waals surface area contributed by atoms with E-state index in [1.165, 1.54) is 11.3 Å². The summed E-state index contributed by atoms with van der Waals surface area (Å²) in [6.07, 6.45) is 6.90. The molecule has 1 aromatic carbocycles. The highest BCUT2D eigenvalue weighted by atomic mass is 19.1. The molecule has 29 heavy (non-hydrogen) atoms. The molecule has 3 aliphatic rings. The van der Waals surface area contributed by atoms with Crippen molar-refractivity contribution in [3.63, 3.8) is 0 Å². The number of fused-ring (bicyclic) bond motifs is 1. The summed E-state index contributed by atoms with van der Waals surface area (Å²) in [5.41, 5.74) is 15.9. The van der Waals surface area contributed by atoms with Crippen LogP contribution in [0.15, 0.2) is 42.7 Å². The second-order valence-electron chi connectivity index (χ2n) is 8.56. The summed E-state index contributed by atoms with van der Waals surface area (Å²) in [4.78, 5) is 6.91. The van der Waals surface area contributed by atoms with Gasteiger partial charge >= 0.3 is 0 Å². The van der Waals surface area contributed by atoms with E-state index < -0.39 is 0 Å². The minimum atomic E-state index is -0.144. The number of rotatable bonds is 3. The second-order valence-corrected chi connectivity index (χ2v) is 8.56. The van der Waals surface area contributed by atoms with Crippen molar-refractivity contribution in [3.8, 4) is 0 Å². The molecule has 7 heteroatoms. The van der Waals surface area contributed by atoms with E-state index in [0.29, 0.717) is 12.0 Å². The predicted octanol–water partition coefficient (Wildman–Crippen LogP) is 2.02. The number of halogens is 1. The summed E-state index contributed by atoms with van der Waals surface area (Å²) in [6.45, 7) is 2.81. The lowest BCUT2D eigenvalue weighted by atomic mass is 9.80. The molecule has 3 saturated heterocycles. The minimum absolute atomic E-state index is 0.0227. The van der Waals surface area contributed by atoms with Gasteiger partial charge in [-0.25, -0.2) is 9.82 Å². The Hall–Kier alpha value is -2.06. The van der Waals surface area contributed by atoms with E-state index in [2.05, 4.69) is 32.1 Å². The molecule has 3 aliphatic heterocycles. The van der Waals surface area contributed by atoms with Crippen LogP contribution >= 0.6 is 0 Å². The molecule has 0 saturated carbocycles. The van der Waals surface area contributed by atoms with Crippen LogP contribution in [0.1, 0.15) is 42.5 Å². The van der Waals surface area contributed by atoms with Crippen LogP contribution in [-0.2, 0) is 0 Å². The Morgan fingerprint density at radius 3 is 2.76 bits per heavy atom. The van der Waals surface area contributed by atoms with Gasteiger partial charge in [-0.15, -0.1) is 0 Å². The maximum Gasteiger partial charge on any atom is 0.128 e.